The molecule has 1 aliphatic rings. The molecule has 0 bridgehead atoms. The molecule has 3 aromatic rings. The lowest BCUT2D eigenvalue weighted by molar-refractivity contribution is -0.138. The fraction of sp³-hybridized carbons (Fsp3) is 0.400. The van der Waals surface area contributed by atoms with Gasteiger partial charge in [0, 0.05) is 42.8 Å². The molecule has 1 aliphatic heterocycles. The number of amides is 1. The van der Waals surface area contributed by atoms with Gasteiger partial charge in [0.1, 0.15) is 18.0 Å². The van der Waals surface area contributed by atoms with Crippen molar-refractivity contribution in [2.24, 2.45) is 0 Å². The zero-order chi connectivity index (χ0) is 25.4. The van der Waals surface area contributed by atoms with Crippen molar-refractivity contribution in [1.82, 2.24) is 14.9 Å². The largest absolute Gasteiger partial charge is 0.387 e. The van der Waals surface area contributed by atoms with Crippen LogP contribution in [-0.2, 0) is 16.3 Å². The number of piperidine rings is 1. The molecule has 1 amide bonds. The molecule has 0 saturated carbocycles. The number of anilines is 1. The Morgan fingerprint density at radius 2 is 1.97 bits per heavy atom. The minimum atomic E-state index is -3.31. The minimum absolute atomic E-state index is 0.0998. The van der Waals surface area contributed by atoms with Gasteiger partial charge in [-0.2, -0.15) is 0 Å². The van der Waals surface area contributed by atoms with E-state index in [1.165, 1.54) is 23.2 Å². The number of rotatable bonds is 6. The van der Waals surface area contributed by atoms with Crippen LogP contribution in [0, 0.1) is 5.82 Å². The second-order valence-corrected chi connectivity index (χ2v) is 8.98. The Kier molecular flexibility index (Phi) is 6.70. The summed E-state index contributed by atoms with van der Waals surface area (Å²) in [5, 5.41) is 24.1. The maximum absolute atomic E-state index is 14.9. The number of likely N-dealkylation sites (tertiary alicyclic amines) is 1. The Labute approximate surface area is 200 Å². The summed E-state index contributed by atoms with van der Waals surface area (Å²) in [6, 6.07) is 6.68. The van der Waals surface area contributed by atoms with E-state index in [9.17, 15) is 23.1 Å². The van der Waals surface area contributed by atoms with Crippen molar-refractivity contribution in [3.8, 4) is 0 Å². The molecule has 4 rings (SSSR count). The summed E-state index contributed by atoms with van der Waals surface area (Å²) in [5.74, 6) is -4.66. The molecular formula is C25H27F3N4O3. The standard InChI is InChI=1S/C25H27F3N4O3/c1-15(16-4-3-5-18(23(16)26)24(2,27)28)31-19-6-9-29-20-13-30-21(12-17(19)20)25(35)7-10-32(11-8-25)22(34)14-33/h3-6,9,12-13,15,33,35H,7-8,10-11,14H2,1-2H3,(H,29,31)/t15-/m1/s1. The third kappa shape index (κ3) is 4.94. The molecule has 1 saturated heterocycles. The van der Waals surface area contributed by atoms with Crippen LogP contribution in [0.3, 0.4) is 0 Å². The zero-order valence-corrected chi connectivity index (χ0v) is 19.4. The smallest absolute Gasteiger partial charge is 0.273 e. The van der Waals surface area contributed by atoms with E-state index in [0.717, 1.165) is 6.07 Å². The number of alkyl halides is 2. The van der Waals surface area contributed by atoms with E-state index in [1.807, 2.05) is 0 Å². The van der Waals surface area contributed by atoms with E-state index in [1.54, 1.807) is 25.3 Å². The lowest BCUT2D eigenvalue weighted by Crippen LogP contribution is -2.46. The fourth-order valence-corrected chi connectivity index (χ4v) is 4.45. The number of fused-ring (bicyclic) bond motifs is 1. The van der Waals surface area contributed by atoms with Crippen LogP contribution in [0.5, 0.6) is 0 Å². The van der Waals surface area contributed by atoms with Gasteiger partial charge in [-0.1, -0.05) is 18.2 Å². The van der Waals surface area contributed by atoms with Crippen molar-refractivity contribution in [2.75, 3.05) is 25.0 Å². The number of pyridine rings is 2. The average molecular weight is 489 g/mol. The zero-order valence-electron chi connectivity index (χ0n) is 19.4. The van der Waals surface area contributed by atoms with Crippen LogP contribution in [0.4, 0.5) is 18.9 Å². The number of carbonyl (C=O) groups is 1. The van der Waals surface area contributed by atoms with Gasteiger partial charge in [0.2, 0.25) is 5.91 Å². The van der Waals surface area contributed by atoms with Crippen molar-refractivity contribution in [1.29, 1.82) is 0 Å². The lowest BCUT2D eigenvalue weighted by Gasteiger charge is -2.37. The molecule has 0 spiro atoms. The third-order valence-electron chi connectivity index (χ3n) is 6.52. The first-order chi connectivity index (χ1) is 16.5. The molecule has 7 nitrogen and oxygen atoms in total. The molecule has 0 aliphatic carbocycles. The number of carbonyl (C=O) groups excluding carboxylic acids is 1. The monoisotopic (exact) mass is 488 g/mol. The molecule has 0 radical (unpaired) electrons. The molecule has 1 aromatic carbocycles. The first-order valence-electron chi connectivity index (χ1n) is 11.3. The topological polar surface area (TPSA) is 98.6 Å². The molecule has 0 unspecified atom stereocenters. The Morgan fingerprint density at radius 1 is 1.26 bits per heavy atom. The van der Waals surface area contributed by atoms with Crippen LogP contribution in [0.1, 0.15) is 49.6 Å². The number of aliphatic hydroxyl groups excluding tert-OH is 1. The molecular weight excluding hydrogens is 461 g/mol. The van der Waals surface area contributed by atoms with Crippen LogP contribution in [0.25, 0.3) is 10.9 Å². The highest BCUT2D eigenvalue weighted by molar-refractivity contribution is 5.91. The molecule has 1 fully saturated rings. The highest BCUT2D eigenvalue weighted by Crippen LogP contribution is 2.36. The number of nitrogens with one attached hydrogen (secondary N) is 1. The lowest BCUT2D eigenvalue weighted by atomic mass is 9.87. The number of hydrogen-bond acceptors (Lipinski definition) is 6. The predicted octanol–water partition coefficient (Wildman–Crippen LogP) is 3.86. The second-order valence-electron chi connectivity index (χ2n) is 8.98. The van der Waals surface area contributed by atoms with Gasteiger partial charge in [-0.25, -0.2) is 13.2 Å². The van der Waals surface area contributed by atoms with Crippen molar-refractivity contribution < 1.29 is 28.2 Å². The van der Waals surface area contributed by atoms with Crippen molar-refractivity contribution in [2.45, 2.75) is 44.3 Å². The number of halogens is 3. The summed E-state index contributed by atoms with van der Waals surface area (Å²) in [5.41, 5.74) is -0.311. The van der Waals surface area contributed by atoms with E-state index in [0.29, 0.717) is 29.2 Å². The number of aliphatic hydroxyl groups is 2. The maximum Gasteiger partial charge on any atom is 0.273 e. The van der Waals surface area contributed by atoms with Crippen LogP contribution >= 0.6 is 0 Å². The number of nitrogens with zero attached hydrogens (tertiary/aromatic N) is 3. The van der Waals surface area contributed by atoms with Gasteiger partial charge in [0.15, 0.2) is 0 Å². The summed E-state index contributed by atoms with van der Waals surface area (Å²) < 4.78 is 42.5. The maximum atomic E-state index is 14.9. The normalized spacial score (nSPS) is 16.8. The van der Waals surface area contributed by atoms with Crippen LogP contribution in [0.2, 0.25) is 0 Å². The summed E-state index contributed by atoms with van der Waals surface area (Å²) >= 11 is 0. The first kappa shape index (κ1) is 24.9. The van der Waals surface area contributed by atoms with Crippen molar-refractivity contribution >= 4 is 22.5 Å². The average Bonchev–Trinajstić information content (AvgIpc) is 2.83. The highest BCUT2D eigenvalue weighted by atomic mass is 19.3. The Balaban J connectivity index is 1.63. The predicted molar refractivity (Wildman–Crippen MR) is 124 cm³/mol. The molecule has 10 heteroatoms. The molecule has 186 valence electrons. The number of hydrogen-bond donors (Lipinski definition) is 3. The Hall–Kier alpha value is -3.24. The highest BCUT2D eigenvalue weighted by Gasteiger charge is 2.37. The number of aromatic nitrogens is 2. The van der Waals surface area contributed by atoms with Crippen LogP contribution in [0.15, 0.2) is 42.7 Å². The summed E-state index contributed by atoms with van der Waals surface area (Å²) in [4.78, 5) is 21.9. The van der Waals surface area contributed by atoms with Gasteiger partial charge in [0.25, 0.3) is 5.92 Å². The van der Waals surface area contributed by atoms with E-state index < -0.39 is 35.6 Å². The van der Waals surface area contributed by atoms with E-state index in [4.69, 9.17) is 5.11 Å². The molecule has 3 N–H and O–H groups in total. The Morgan fingerprint density at radius 3 is 2.63 bits per heavy atom. The van der Waals surface area contributed by atoms with Crippen LogP contribution in [-0.4, -0.2) is 50.7 Å². The van der Waals surface area contributed by atoms with Crippen molar-refractivity contribution in [3.63, 3.8) is 0 Å². The molecule has 35 heavy (non-hydrogen) atoms. The van der Waals surface area contributed by atoms with E-state index in [-0.39, 0.29) is 37.4 Å². The quantitative estimate of drug-likeness (QED) is 0.488. The van der Waals surface area contributed by atoms with E-state index >= 15 is 0 Å². The first-order valence-corrected chi connectivity index (χ1v) is 11.3. The van der Waals surface area contributed by atoms with Gasteiger partial charge >= 0.3 is 0 Å². The SMILES string of the molecule is C[C@@H](Nc1ccnc2cnc(C3(O)CCN(C(=O)CO)CC3)cc12)c1cccc(C(C)(F)F)c1F. The molecule has 2 aromatic heterocycles. The minimum Gasteiger partial charge on any atom is -0.387 e. The van der Waals surface area contributed by atoms with Crippen LogP contribution < -0.4 is 5.32 Å². The van der Waals surface area contributed by atoms with Gasteiger partial charge in [-0.05, 0) is 31.9 Å². The summed E-state index contributed by atoms with van der Waals surface area (Å²) in [7, 11) is 0. The summed E-state index contributed by atoms with van der Waals surface area (Å²) in [6.07, 6.45) is 3.59. The third-order valence-corrected chi connectivity index (χ3v) is 6.52. The van der Waals surface area contributed by atoms with Crippen molar-refractivity contribution in [3.05, 3.63) is 65.4 Å². The van der Waals surface area contributed by atoms with Gasteiger partial charge in [-0.15, -0.1) is 0 Å². The molecule has 3 heterocycles. The molecule has 1 atom stereocenters. The number of benzene rings is 1. The van der Waals surface area contributed by atoms with Gasteiger partial charge in [0.05, 0.1) is 29.0 Å². The second kappa shape index (κ2) is 9.43. The van der Waals surface area contributed by atoms with Gasteiger partial charge in [-0.3, -0.25) is 14.8 Å². The Bertz CT molecular complexity index is 1240. The van der Waals surface area contributed by atoms with Gasteiger partial charge < -0.3 is 20.4 Å². The van der Waals surface area contributed by atoms with E-state index in [2.05, 4.69) is 15.3 Å². The summed E-state index contributed by atoms with van der Waals surface area (Å²) in [6.45, 7) is 2.31. The fourth-order valence-electron chi connectivity index (χ4n) is 4.45.